The number of hydrogen-bond donors (Lipinski definition) is 0. The molecule has 18 rings (SSSR count). The predicted molar refractivity (Wildman–Crippen MR) is 397 cm³/mol. The van der Waals surface area contributed by atoms with Gasteiger partial charge in [-0.05, 0) is 143 Å². The molecule has 0 aromatic heterocycles. The van der Waals surface area contributed by atoms with E-state index in [0.29, 0.717) is 0 Å². The standard InChI is InChI=1S/C85H58B2N4S2/c1-57-47-49-60(50-48-57)69-41-26-40-68(59-29-10-3-11-30-59)85(69)89(63-35-16-6-17-36-63)66-52-78-84-81(54-66)92-79-46-25-22-43-71(79)87(84)72-55-73-80(56-76(72)91(78)74-44-23-20-39-67(74)58-27-8-2-9-28-58)93-82-53-65(88(61-31-12-4-13-32-61)62-33-14-5-15-34-62)51-77-83(82)86(73)70-42-21-24-45-75(70)90(77)64-37-18-7-19-38-64/h2-56H,1H3. The molecule has 0 spiro atoms. The summed E-state index contributed by atoms with van der Waals surface area (Å²) >= 11 is 3.82. The molecule has 0 saturated carbocycles. The molecule has 4 heterocycles. The summed E-state index contributed by atoms with van der Waals surface area (Å²) in [6.07, 6.45) is 0. The quantitative estimate of drug-likeness (QED) is 0.119. The van der Waals surface area contributed by atoms with Gasteiger partial charge < -0.3 is 19.6 Å². The third kappa shape index (κ3) is 9.26. The van der Waals surface area contributed by atoms with E-state index in [4.69, 9.17) is 0 Å². The first-order chi connectivity index (χ1) is 46.1. The summed E-state index contributed by atoms with van der Waals surface area (Å²) in [5.41, 5.74) is 29.6. The summed E-state index contributed by atoms with van der Waals surface area (Å²) in [5, 5.41) is 0. The first-order valence-electron chi connectivity index (χ1n) is 32.0. The van der Waals surface area contributed by atoms with Crippen LogP contribution in [0.5, 0.6) is 0 Å². The van der Waals surface area contributed by atoms with Crippen LogP contribution < -0.4 is 52.4 Å². The van der Waals surface area contributed by atoms with Crippen molar-refractivity contribution in [3.05, 3.63) is 339 Å². The van der Waals surface area contributed by atoms with Crippen molar-refractivity contribution in [2.75, 3.05) is 19.6 Å². The molecule has 8 heteroatoms. The average molecular weight is 1220 g/mol. The summed E-state index contributed by atoms with van der Waals surface area (Å²) in [5.74, 6) is 0. The van der Waals surface area contributed by atoms with Crippen molar-refractivity contribution in [3.63, 3.8) is 0 Å². The normalized spacial score (nSPS) is 12.8. The lowest BCUT2D eigenvalue weighted by molar-refractivity contribution is 1.22. The molecule has 0 saturated heterocycles. The zero-order chi connectivity index (χ0) is 61.5. The number of para-hydroxylation sites is 7. The van der Waals surface area contributed by atoms with Gasteiger partial charge in [-0.15, -0.1) is 0 Å². The molecule has 0 N–H and O–H groups in total. The molecule has 0 radical (unpaired) electrons. The number of hydrogen-bond acceptors (Lipinski definition) is 6. The van der Waals surface area contributed by atoms with Crippen molar-refractivity contribution in [1.29, 1.82) is 0 Å². The molecular weight excluding hydrogens is 1160 g/mol. The van der Waals surface area contributed by atoms with E-state index in [0.717, 1.165) is 84.6 Å². The zero-order valence-corrected chi connectivity index (χ0v) is 52.6. The first-order valence-corrected chi connectivity index (χ1v) is 33.6. The Hall–Kier alpha value is -10.9. The van der Waals surface area contributed by atoms with Crippen LogP contribution in [-0.4, -0.2) is 13.4 Å². The van der Waals surface area contributed by atoms with Gasteiger partial charge in [-0.2, -0.15) is 0 Å². The van der Waals surface area contributed by atoms with Gasteiger partial charge in [-0.25, -0.2) is 0 Å². The van der Waals surface area contributed by atoms with Gasteiger partial charge in [0.1, 0.15) is 0 Å². The van der Waals surface area contributed by atoms with Crippen LogP contribution in [0.4, 0.5) is 68.2 Å². The van der Waals surface area contributed by atoms with Gasteiger partial charge in [0.2, 0.25) is 13.4 Å². The number of anilines is 12. The minimum absolute atomic E-state index is 0.0722. The van der Waals surface area contributed by atoms with Crippen LogP contribution in [0.1, 0.15) is 5.56 Å². The van der Waals surface area contributed by atoms with Crippen LogP contribution >= 0.6 is 23.5 Å². The Bertz CT molecular complexity index is 5150. The summed E-state index contributed by atoms with van der Waals surface area (Å²) in [4.78, 5) is 15.1. The van der Waals surface area contributed by atoms with Gasteiger partial charge in [0.05, 0.1) is 11.4 Å². The summed E-state index contributed by atoms with van der Waals surface area (Å²) in [6.45, 7) is 2.00. The second-order valence-corrected chi connectivity index (χ2v) is 26.5. The Morgan fingerprint density at radius 1 is 0.269 bits per heavy atom. The van der Waals surface area contributed by atoms with Gasteiger partial charge >= 0.3 is 0 Å². The fraction of sp³-hybridized carbons (Fsp3) is 0.0118. The smallest absolute Gasteiger partial charge is 0.249 e. The third-order valence-corrected chi connectivity index (χ3v) is 21.2. The molecule has 14 aromatic carbocycles. The van der Waals surface area contributed by atoms with E-state index in [2.05, 4.69) is 360 Å². The fourth-order valence-corrected chi connectivity index (χ4v) is 17.4. The first kappa shape index (κ1) is 55.0. The van der Waals surface area contributed by atoms with Gasteiger partial charge in [0.25, 0.3) is 0 Å². The Kier molecular flexibility index (Phi) is 13.5. The van der Waals surface area contributed by atoms with E-state index >= 15 is 0 Å². The molecule has 0 aliphatic carbocycles. The largest absolute Gasteiger partial charge is 0.311 e. The maximum absolute atomic E-state index is 2.65. The molecular formula is C85H58B2N4S2. The predicted octanol–water partition coefficient (Wildman–Crippen LogP) is 19.5. The molecule has 0 atom stereocenters. The molecule has 436 valence electrons. The van der Waals surface area contributed by atoms with Gasteiger partial charge in [-0.3, -0.25) is 0 Å². The maximum atomic E-state index is 2.65. The second-order valence-electron chi connectivity index (χ2n) is 24.4. The SMILES string of the molecule is Cc1ccc(-c2cccc(-c3ccccc3)c2N(c2ccccc2)c2cc3c4c(c2)N(c2ccccc2-c2ccccc2)c2cc5c(cc2B4c2ccccc2S3)B2c3ccccc3N(c3ccccc3)c3cc(N(c4ccccc4)c4ccccc4)cc(c32)S5)cc1. The van der Waals surface area contributed by atoms with Crippen LogP contribution in [0.2, 0.25) is 0 Å². The molecule has 4 nitrogen and oxygen atoms in total. The van der Waals surface area contributed by atoms with Gasteiger partial charge in [-0.1, -0.05) is 277 Å². The Morgan fingerprint density at radius 2 is 0.720 bits per heavy atom. The Balaban J connectivity index is 0.922. The number of aryl methyl sites for hydroxylation is 1. The van der Waals surface area contributed by atoms with Crippen LogP contribution in [0.25, 0.3) is 33.4 Å². The van der Waals surface area contributed by atoms with Crippen molar-refractivity contribution in [3.8, 4) is 33.4 Å². The van der Waals surface area contributed by atoms with Crippen molar-refractivity contribution in [2.45, 2.75) is 26.5 Å². The minimum Gasteiger partial charge on any atom is -0.311 e. The molecule has 4 aliphatic rings. The monoisotopic (exact) mass is 1220 g/mol. The highest BCUT2D eigenvalue weighted by atomic mass is 32.2. The van der Waals surface area contributed by atoms with E-state index in [1.165, 1.54) is 75.0 Å². The summed E-state index contributed by atoms with van der Waals surface area (Å²) in [6, 6.07) is 124. The molecule has 93 heavy (non-hydrogen) atoms. The van der Waals surface area contributed by atoms with Crippen molar-refractivity contribution in [2.24, 2.45) is 0 Å². The highest BCUT2D eigenvalue weighted by molar-refractivity contribution is 8.00. The molecule has 0 amide bonds. The molecule has 0 unspecified atom stereocenters. The van der Waals surface area contributed by atoms with Crippen molar-refractivity contribution >= 4 is 138 Å². The summed E-state index contributed by atoms with van der Waals surface area (Å²) in [7, 11) is 0. The molecule has 0 fully saturated rings. The molecule has 0 bridgehead atoms. The van der Waals surface area contributed by atoms with E-state index in [9.17, 15) is 0 Å². The lowest BCUT2D eigenvalue weighted by Gasteiger charge is -2.44. The third-order valence-electron chi connectivity index (χ3n) is 19.0. The van der Waals surface area contributed by atoms with E-state index in [1.807, 2.05) is 23.5 Å². The number of benzene rings is 14. The highest BCUT2D eigenvalue weighted by Gasteiger charge is 2.47. The van der Waals surface area contributed by atoms with Crippen LogP contribution in [0.3, 0.4) is 0 Å². The minimum atomic E-state index is -0.0926. The van der Waals surface area contributed by atoms with E-state index in [1.54, 1.807) is 0 Å². The van der Waals surface area contributed by atoms with Crippen LogP contribution in [0, 0.1) is 6.92 Å². The average Bonchev–Trinajstić information content (AvgIpc) is 0.697. The fourth-order valence-electron chi connectivity index (χ4n) is 14.9. The van der Waals surface area contributed by atoms with Gasteiger partial charge in [0, 0.05) is 93.1 Å². The number of fused-ring (bicyclic) bond motifs is 8. The van der Waals surface area contributed by atoms with Crippen molar-refractivity contribution in [1.82, 2.24) is 0 Å². The van der Waals surface area contributed by atoms with Crippen molar-refractivity contribution < 1.29 is 0 Å². The Labute approximate surface area is 552 Å². The lowest BCUT2D eigenvalue weighted by atomic mass is 9.31. The maximum Gasteiger partial charge on any atom is 0.249 e. The Morgan fingerprint density at radius 3 is 1.34 bits per heavy atom. The molecule has 4 aliphatic heterocycles. The number of nitrogens with zero attached hydrogens (tertiary/aromatic N) is 4. The topological polar surface area (TPSA) is 13.0 Å². The van der Waals surface area contributed by atoms with E-state index < -0.39 is 0 Å². The van der Waals surface area contributed by atoms with Gasteiger partial charge in [0.15, 0.2) is 0 Å². The second kappa shape index (κ2) is 22.8. The number of rotatable bonds is 11. The summed E-state index contributed by atoms with van der Waals surface area (Å²) < 4.78 is 0. The van der Waals surface area contributed by atoms with Crippen LogP contribution in [-0.2, 0) is 0 Å². The molecule has 14 aromatic rings. The highest BCUT2D eigenvalue weighted by Crippen LogP contribution is 2.53. The van der Waals surface area contributed by atoms with Crippen LogP contribution in [0.15, 0.2) is 353 Å². The van der Waals surface area contributed by atoms with E-state index in [-0.39, 0.29) is 13.4 Å². The lowest BCUT2D eigenvalue weighted by Crippen LogP contribution is -2.64. The zero-order valence-electron chi connectivity index (χ0n) is 51.0.